The number of sulfone groups is 1. The molecule has 0 aliphatic carbocycles. The van der Waals surface area contributed by atoms with Gasteiger partial charge in [-0.05, 0) is 12.3 Å². The van der Waals surface area contributed by atoms with Gasteiger partial charge in [-0.3, -0.25) is 0 Å². The summed E-state index contributed by atoms with van der Waals surface area (Å²) in [5, 5.41) is 11.4. The SMILES string of the molecule is CC(C)C(NC(=O)N(C)C1CCS(=O)(=O)C1)C(=O)O. The van der Waals surface area contributed by atoms with Crippen molar-refractivity contribution in [3.63, 3.8) is 0 Å². The highest BCUT2D eigenvalue weighted by Gasteiger charge is 2.34. The van der Waals surface area contributed by atoms with Gasteiger partial charge in [-0.1, -0.05) is 13.8 Å². The van der Waals surface area contributed by atoms with E-state index >= 15 is 0 Å². The highest BCUT2D eigenvalue weighted by atomic mass is 32.2. The van der Waals surface area contributed by atoms with Crippen LogP contribution >= 0.6 is 0 Å². The van der Waals surface area contributed by atoms with Crippen molar-refractivity contribution in [1.29, 1.82) is 0 Å². The summed E-state index contributed by atoms with van der Waals surface area (Å²) in [5.74, 6) is -1.34. The van der Waals surface area contributed by atoms with Crippen molar-refractivity contribution in [3.05, 3.63) is 0 Å². The Labute approximate surface area is 112 Å². The van der Waals surface area contributed by atoms with Gasteiger partial charge < -0.3 is 15.3 Å². The summed E-state index contributed by atoms with van der Waals surface area (Å²) in [6.07, 6.45) is 0.395. The number of carbonyl (C=O) groups excluding carboxylic acids is 1. The Morgan fingerprint density at radius 2 is 1.95 bits per heavy atom. The van der Waals surface area contributed by atoms with Crippen molar-refractivity contribution in [3.8, 4) is 0 Å². The molecule has 0 aromatic heterocycles. The average Bonchev–Trinajstić information content (AvgIpc) is 2.64. The molecule has 1 fully saturated rings. The molecule has 0 bridgehead atoms. The molecule has 19 heavy (non-hydrogen) atoms. The van der Waals surface area contributed by atoms with E-state index in [-0.39, 0.29) is 23.5 Å². The van der Waals surface area contributed by atoms with Crippen molar-refractivity contribution in [1.82, 2.24) is 10.2 Å². The normalized spacial score (nSPS) is 23.1. The minimum Gasteiger partial charge on any atom is -0.480 e. The van der Waals surface area contributed by atoms with E-state index < -0.39 is 27.9 Å². The van der Waals surface area contributed by atoms with Gasteiger partial charge in [-0.15, -0.1) is 0 Å². The number of nitrogens with one attached hydrogen (secondary N) is 1. The lowest BCUT2D eigenvalue weighted by Crippen LogP contribution is -2.51. The smallest absolute Gasteiger partial charge is 0.326 e. The first-order valence-corrected chi connectivity index (χ1v) is 7.92. The van der Waals surface area contributed by atoms with Crippen LogP contribution in [0.1, 0.15) is 20.3 Å². The van der Waals surface area contributed by atoms with Crippen LogP contribution < -0.4 is 5.32 Å². The second-order valence-electron chi connectivity index (χ2n) is 5.18. The van der Waals surface area contributed by atoms with Crippen LogP contribution in [-0.2, 0) is 14.6 Å². The summed E-state index contributed by atoms with van der Waals surface area (Å²) in [5.41, 5.74) is 0. The third-order valence-electron chi connectivity index (χ3n) is 3.29. The first-order chi connectivity index (χ1) is 8.64. The number of carboxylic acids is 1. The molecule has 1 heterocycles. The molecule has 0 aromatic rings. The molecule has 1 aliphatic rings. The number of rotatable bonds is 4. The lowest BCUT2D eigenvalue weighted by molar-refractivity contribution is -0.140. The number of nitrogens with zero attached hydrogens (tertiary/aromatic N) is 1. The Bertz CT molecular complexity index is 460. The van der Waals surface area contributed by atoms with E-state index in [1.54, 1.807) is 13.8 Å². The van der Waals surface area contributed by atoms with Crippen LogP contribution in [0.5, 0.6) is 0 Å². The van der Waals surface area contributed by atoms with E-state index in [0.717, 1.165) is 0 Å². The second-order valence-corrected chi connectivity index (χ2v) is 7.41. The summed E-state index contributed by atoms with van der Waals surface area (Å²) < 4.78 is 22.7. The second kappa shape index (κ2) is 5.77. The first-order valence-electron chi connectivity index (χ1n) is 6.10. The fourth-order valence-corrected chi connectivity index (χ4v) is 3.77. The summed E-state index contributed by atoms with van der Waals surface area (Å²) in [7, 11) is -1.59. The van der Waals surface area contributed by atoms with Gasteiger partial charge in [-0.2, -0.15) is 0 Å². The maximum atomic E-state index is 11.9. The number of carboxylic acid groups (broad SMARTS) is 1. The number of aliphatic carboxylic acids is 1. The molecular weight excluding hydrogens is 272 g/mol. The van der Waals surface area contributed by atoms with Crippen LogP contribution in [0, 0.1) is 5.92 Å². The third-order valence-corrected chi connectivity index (χ3v) is 5.04. The monoisotopic (exact) mass is 292 g/mol. The van der Waals surface area contributed by atoms with Gasteiger partial charge >= 0.3 is 12.0 Å². The predicted octanol–water partition coefficient (Wildman–Crippen LogP) is -0.0759. The summed E-state index contributed by atoms with van der Waals surface area (Å²) in [6.45, 7) is 3.39. The van der Waals surface area contributed by atoms with Gasteiger partial charge in [-0.25, -0.2) is 18.0 Å². The molecule has 0 aromatic carbocycles. The first kappa shape index (κ1) is 15.7. The maximum absolute atomic E-state index is 11.9. The van der Waals surface area contributed by atoms with Crippen LogP contribution in [0.3, 0.4) is 0 Å². The molecule has 1 saturated heterocycles. The standard InChI is InChI=1S/C11H20N2O5S/c1-7(2)9(10(14)15)12-11(16)13(3)8-4-5-19(17,18)6-8/h7-9H,4-6H2,1-3H3,(H,12,16)(H,14,15). The van der Waals surface area contributed by atoms with E-state index in [1.807, 2.05) is 0 Å². The zero-order valence-corrected chi connectivity index (χ0v) is 12.1. The zero-order chi connectivity index (χ0) is 14.8. The van der Waals surface area contributed by atoms with Gasteiger partial charge in [0, 0.05) is 13.1 Å². The lowest BCUT2D eigenvalue weighted by Gasteiger charge is -2.27. The molecule has 0 saturated carbocycles. The van der Waals surface area contributed by atoms with Crippen LogP contribution in [0.25, 0.3) is 0 Å². The molecule has 2 N–H and O–H groups in total. The van der Waals surface area contributed by atoms with Crippen LogP contribution in [0.15, 0.2) is 0 Å². The average molecular weight is 292 g/mol. The van der Waals surface area contributed by atoms with Crippen molar-refractivity contribution in [2.75, 3.05) is 18.6 Å². The number of carbonyl (C=O) groups is 2. The molecule has 8 heteroatoms. The molecular formula is C11H20N2O5S. The highest BCUT2D eigenvalue weighted by molar-refractivity contribution is 7.91. The molecule has 0 radical (unpaired) electrons. The fourth-order valence-electron chi connectivity index (χ4n) is 2.00. The van der Waals surface area contributed by atoms with Crippen molar-refractivity contribution in [2.24, 2.45) is 5.92 Å². The van der Waals surface area contributed by atoms with Crippen molar-refractivity contribution < 1.29 is 23.1 Å². The van der Waals surface area contributed by atoms with Crippen LogP contribution in [0.4, 0.5) is 4.79 Å². The molecule has 2 atom stereocenters. The van der Waals surface area contributed by atoms with Gasteiger partial charge in [0.2, 0.25) is 0 Å². The summed E-state index contributed by atoms with van der Waals surface area (Å²) >= 11 is 0. The van der Waals surface area contributed by atoms with Gasteiger partial charge in [0.25, 0.3) is 0 Å². The molecule has 2 unspecified atom stereocenters. The van der Waals surface area contributed by atoms with Crippen molar-refractivity contribution >= 4 is 21.8 Å². The van der Waals surface area contributed by atoms with Gasteiger partial charge in [0.1, 0.15) is 6.04 Å². The topological polar surface area (TPSA) is 104 Å². The number of hydrogen-bond acceptors (Lipinski definition) is 4. The number of urea groups is 1. The Morgan fingerprint density at radius 3 is 2.32 bits per heavy atom. The molecule has 2 amide bonds. The quantitative estimate of drug-likeness (QED) is 0.754. The Balaban J connectivity index is 2.65. The van der Waals surface area contributed by atoms with Gasteiger partial charge in [0.15, 0.2) is 9.84 Å². The number of amides is 2. The Morgan fingerprint density at radius 1 is 1.37 bits per heavy atom. The highest BCUT2D eigenvalue weighted by Crippen LogP contribution is 2.16. The van der Waals surface area contributed by atoms with Crippen LogP contribution in [0.2, 0.25) is 0 Å². The molecule has 0 spiro atoms. The van der Waals surface area contributed by atoms with E-state index in [4.69, 9.17) is 5.11 Å². The predicted molar refractivity (Wildman–Crippen MR) is 69.6 cm³/mol. The fraction of sp³-hybridized carbons (Fsp3) is 0.818. The molecule has 110 valence electrons. The largest absolute Gasteiger partial charge is 0.480 e. The van der Waals surface area contributed by atoms with E-state index in [2.05, 4.69) is 5.32 Å². The van der Waals surface area contributed by atoms with E-state index in [9.17, 15) is 18.0 Å². The maximum Gasteiger partial charge on any atom is 0.326 e. The molecule has 7 nitrogen and oxygen atoms in total. The van der Waals surface area contributed by atoms with Crippen molar-refractivity contribution in [2.45, 2.75) is 32.4 Å². The van der Waals surface area contributed by atoms with E-state index in [1.165, 1.54) is 11.9 Å². The lowest BCUT2D eigenvalue weighted by atomic mass is 10.1. The Hall–Kier alpha value is -1.31. The summed E-state index contributed by atoms with van der Waals surface area (Å²) in [4.78, 5) is 24.2. The van der Waals surface area contributed by atoms with E-state index in [0.29, 0.717) is 6.42 Å². The van der Waals surface area contributed by atoms with Gasteiger partial charge in [0.05, 0.1) is 11.5 Å². The van der Waals surface area contributed by atoms with Crippen LogP contribution in [-0.4, -0.2) is 61.1 Å². The third kappa shape index (κ3) is 4.09. The minimum atomic E-state index is -3.07. The minimum absolute atomic E-state index is 0.0592. The molecule has 1 aliphatic heterocycles. The molecule has 1 rings (SSSR count). The summed E-state index contributed by atoms with van der Waals surface area (Å²) in [6, 6.07) is -1.91. The zero-order valence-electron chi connectivity index (χ0n) is 11.3. The Kier molecular flexibility index (Phi) is 4.78. The number of hydrogen-bond donors (Lipinski definition) is 2.